The third-order valence-corrected chi connectivity index (χ3v) is 5.10. The molecule has 1 amide bonds. The Morgan fingerprint density at radius 3 is 3.00 bits per heavy atom. The lowest BCUT2D eigenvalue weighted by Gasteiger charge is -2.35. The third-order valence-electron chi connectivity index (χ3n) is 5.10. The zero-order valence-electron chi connectivity index (χ0n) is 14.3. The summed E-state index contributed by atoms with van der Waals surface area (Å²) >= 11 is 0. The highest BCUT2D eigenvalue weighted by Gasteiger charge is 2.35. The van der Waals surface area contributed by atoms with Crippen molar-refractivity contribution < 1.29 is 14.3 Å². The molecule has 0 spiro atoms. The maximum atomic E-state index is 12.6. The molecule has 0 bridgehead atoms. The standard InChI is InChI=1S/C18H22N4O3/c1-24-15-8-7-14-16-11(9-20-17(14)21-15)10-25-18(23)22(16)13-4-2-3-12(19)5-6-13/h7-9,12-13H,2-6,10,19H2,1H3. The van der Waals surface area contributed by atoms with Crippen LogP contribution >= 0.6 is 0 Å². The number of pyridine rings is 2. The predicted octanol–water partition coefficient (Wildman–Crippen LogP) is 2.76. The van der Waals surface area contributed by atoms with E-state index in [1.807, 2.05) is 6.07 Å². The van der Waals surface area contributed by atoms with Gasteiger partial charge >= 0.3 is 6.09 Å². The van der Waals surface area contributed by atoms with E-state index in [1.54, 1.807) is 24.3 Å². The lowest BCUT2D eigenvalue weighted by atomic mass is 10.0. The summed E-state index contributed by atoms with van der Waals surface area (Å²) < 4.78 is 10.6. The molecule has 132 valence electrons. The molecule has 0 radical (unpaired) electrons. The molecular formula is C18H22N4O3. The molecular weight excluding hydrogens is 320 g/mol. The van der Waals surface area contributed by atoms with E-state index in [1.165, 1.54) is 0 Å². The molecule has 2 N–H and O–H groups in total. The monoisotopic (exact) mass is 342 g/mol. The van der Waals surface area contributed by atoms with E-state index >= 15 is 0 Å². The number of fused-ring (bicyclic) bond motifs is 3. The minimum absolute atomic E-state index is 0.0906. The molecule has 1 aliphatic heterocycles. The summed E-state index contributed by atoms with van der Waals surface area (Å²) in [6.45, 7) is 0.242. The summed E-state index contributed by atoms with van der Waals surface area (Å²) in [7, 11) is 1.57. The molecule has 2 aromatic rings. The van der Waals surface area contributed by atoms with Crippen molar-refractivity contribution in [3.8, 4) is 5.88 Å². The molecule has 25 heavy (non-hydrogen) atoms. The quantitative estimate of drug-likeness (QED) is 0.844. The summed E-state index contributed by atoms with van der Waals surface area (Å²) in [5.74, 6) is 0.505. The lowest BCUT2D eigenvalue weighted by molar-refractivity contribution is 0.138. The van der Waals surface area contributed by atoms with Crippen molar-refractivity contribution in [2.45, 2.75) is 50.8 Å². The molecule has 1 aliphatic carbocycles. The Morgan fingerprint density at radius 1 is 1.28 bits per heavy atom. The number of hydrogen-bond donors (Lipinski definition) is 1. The number of carbonyl (C=O) groups excluding carboxylic acids is 1. The number of nitrogens with two attached hydrogens (primary N) is 1. The lowest BCUT2D eigenvalue weighted by Crippen LogP contribution is -2.44. The number of carbonyl (C=O) groups is 1. The highest BCUT2D eigenvalue weighted by molar-refractivity contribution is 6.02. The van der Waals surface area contributed by atoms with E-state index in [0.717, 1.165) is 48.7 Å². The average molecular weight is 342 g/mol. The number of anilines is 1. The summed E-state index contributed by atoms with van der Waals surface area (Å²) in [6.07, 6.45) is 6.18. The van der Waals surface area contributed by atoms with Crippen molar-refractivity contribution >= 4 is 22.8 Å². The van der Waals surface area contributed by atoms with Crippen LogP contribution in [0.1, 0.15) is 37.7 Å². The van der Waals surface area contributed by atoms with Gasteiger partial charge in [0, 0.05) is 35.3 Å². The van der Waals surface area contributed by atoms with Crippen LogP contribution in [0.15, 0.2) is 18.3 Å². The number of nitrogens with zero attached hydrogens (tertiary/aromatic N) is 3. The summed E-state index contributed by atoms with van der Waals surface area (Å²) in [5, 5.41) is 0.850. The van der Waals surface area contributed by atoms with Gasteiger partial charge < -0.3 is 15.2 Å². The van der Waals surface area contributed by atoms with Crippen LogP contribution in [0.2, 0.25) is 0 Å². The number of ether oxygens (including phenoxy) is 2. The molecule has 0 aromatic carbocycles. The van der Waals surface area contributed by atoms with Gasteiger partial charge in [-0.2, -0.15) is 4.98 Å². The second-order valence-electron chi connectivity index (χ2n) is 6.70. The number of rotatable bonds is 2. The molecule has 0 saturated heterocycles. The summed E-state index contributed by atoms with van der Waals surface area (Å²) in [6, 6.07) is 4.02. The van der Waals surface area contributed by atoms with Gasteiger partial charge in [-0.1, -0.05) is 0 Å². The van der Waals surface area contributed by atoms with Gasteiger partial charge in [0.15, 0.2) is 5.65 Å². The number of aromatic nitrogens is 2. The van der Waals surface area contributed by atoms with Gasteiger partial charge in [-0.05, 0) is 38.2 Å². The van der Waals surface area contributed by atoms with Crippen molar-refractivity contribution in [3.05, 3.63) is 23.9 Å². The minimum Gasteiger partial charge on any atom is -0.481 e. The molecule has 1 saturated carbocycles. The second-order valence-corrected chi connectivity index (χ2v) is 6.70. The van der Waals surface area contributed by atoms with Crippen LogP contribution in [0.3, 0.4) is 0 Å². The molecule has 3 heterocycles. The first-order valence-corrected chi connectivity index (χ1v) is 8.71. The molecule has 7 nitrogen and oxygen atoms in total. The molecule has 7 heteroatoms. The summed E-state index contributed by atoms with van der Waals surface area (Å²) in [4.78, 5) is 23.2. The minimum atomic E-state index is -0.295. The van der Waals surface area contributed by atoms with Crippen LogP contribution in [-0.2, 0) is 11.3 Å². The fraction of sp³-hybridized carbons (Fsp3) is 0.500. The second kappa shape index (κ2) is 6.48. The van der Waals surface area contributed by atoms with Gasteiger partial charge in [-0.25, -0.2) is 9.78 Å². The zero-order valence-corrected chi connectivity index (χ0v) is 14.3. The van der Waals surface area contributed by atoms with E-state index in [9.17, 15) is 4.79 Å². The smallest absolute Gasteiger partial charge is 0.414 e. The van der Waals surface area contributed by atoms with Crippen LogP contribution in [0.4, 0.5) is 10.5 Å². The third kappa shape index (κ3) is 2.89. The van der Waals surface area contributed by atoms with Crippen LogP contribution in [0, 0.1) is 0 Å². The van der Waals surface area contributed by atoms with E-state index < -0.39 is 0 Å². The fourth-order valence-corrected chi connectivity index (χ4v) is 3.79. The Kier molecular flexibility index (Phi) is 4.17. The van der Waals surface area contributed by atoms with Crippen LogP contribution in [-0.4, -0.2) is 35.3 Å². The van der Waals surface area contributed by atoms with Gasteiger partial charge in [0.05, 0.1) is 12.8 Å². The van der Waals surface area contributed by atoms with E-state index in [-0.39, 0.29) is 24.8 Å². The Balaban J connectivity index is 1.81. The first-order valence-electron chi connectivity index (χ1n) is 8.71. The Labute approximate surface area is 146 Å². The van der Waals surface area contributed by atoms with Crippen molar-refractivity contribution in [1.29, 1.82) is 0 Å². The van der Waals surface area contributed by atoms with Crippen LogP contribution in [0.25, 0.3) is 11.0 Å². The maximum Gasteiger partial charge on any atom is 0.414 e. The first-order chi connectivity index (χ1) is 12.2. The van der Waals surface area contributed by atoms with Gasteiger partial charge in [0.25, 0.3) is 0 Å². The van der Waals surface area contributed by atoms with Gasteiger partial charge in [-0.3, -0.25) is 4.90 Å². The van der Waals surface area contributed by atoms with Crippen molar-refractivity contribution in [2.75, 3.05) is 12.0 Å². The van der Waals surface area contributed by atoms with E-state index in [0.29, 0.717) is 11.5 Å². The van der Waals surface area contributed by atoms with Crippen molar-refractivity contribution in [3.63, 3.8) is 0 Å². The Hall–Kier alpha value is -2.41. The van der Waals surface area contributed by atoms with E-state index in [2.05, 4.69) is 9.97 Å². The topological polar surface area (TPSA) is 90.6 Å². The van der Waals surface area contributed by atoms with Crippen molar-refractivity contribution in [2.24, 2.45) is 5.73 Å². The molecule has 2 atom stereocenters. The van der Waals surface area contributed by atoms with Crippen molar-refractivity contribution in [1.82, 2.24) is 9.97 Å². The molecule has 1 fully saturated rings. The van der Waals surface area contributed by atoms with Crippen LogP contribution < -0.4 is 15.4 Å². The predicted molar refractivity (Wildman–Crippen MR) is 93.6 cm³/mol. The number of cyclic esters (lactones) is 1. The Morgan fingerprint density at radius 2 is 2.16 bits per heavy atom. The number of methoxy groups -OCH3 is 1. The Bertz CT molecular complexity index is 810. The van der Waals surface area contributed by atoms with Gasteiger partial charge in [0.1, 0.15) is 6.61 Å². The first kappa shape index (κ1) is 16.1. The SMILES string of the molecule is COc1ccc2c3c(cnc2n1)COC(=O)N3C1CCCC(N)CC1. The maximum absolute atomic E-state index is 12.6. The number of amides is 1. The molecule has 2 aliphatic rings. The van der Waals surface area contributed by atoms with Gasteiger partial charge in [0.2, 0.25) is 5.88 Å². The fourth-order valence-electron chi connectivity index (χ4n) is 3.79. The summed E-state index contributed by atoms with van der Waals surface area (Å²) in [5.41, 5.74) is 8.46. The zero-order chi connectivity index (χ0) is 17.4. The van der Waals surface area contributed by atoms with Crippen LogP contribution in [0.5, 0.6) is 5.88 Å². The highest BCUT2D eigenvalue weighted by Crippen LogP contribution is 2.37. The molecule has 2 unspecified atom stereocenters. The van der Waals surface area contributed by atoms with Gasteiger partial charge in [-0.15, -0.1) is 0 Å². The van der Waals surface area contributed by atoms with E-state index in [4.69, 9.17) is 15.2 Å². The number of hydrogen-bond acceptors (Lipinski definition) is 6. The molecule has 2 aromatic heterocycles. The molecule has 4 rings (SSSR count). The largest absolute Gasteiger partial charge is 0.481 e. The highest BCUT2D eigenvalue weighted by atomic mass is 16.6. The normalized spacial score (nSPS) is 23.8. The average Bonchev–Trinajstić information content (AvgIpc) is 2.85.